The molecule has 3 heteroatoms. The van der Waals surface area contributed by atoms with Crippen molar-refractivity contribution in [2.75, 3.05) is 0 Å². The highest BCUT2D eigenvalue weighted by molar-refractivity contribution is 5.85. The van der Waals surface area contributed by atoms with E-state index in [1.54, 1.807) is 6.20 Å². The first-order chi connectivity index (χ1) is 6.83. The van der Waals surface area contributed by atoms with E-state index in [0.29, 0.717) is 0 Å². The average molecular weight is 187 g/mol. The summed E-state index contributed by atoms with van der Waals surface area (Å²) in [4.78, 5) is 4.12. The van der Waals surface area contributed by atoms with Crippen LogP contribution in [0, 0.1) is 0 Å². The zero-order valence-electron chi connectivity index (χ0n) is 8.07. The minimum absolute atomic E-state index is 0.142. The molecule has 0 aliphatic heterocycles. The molecule has 1 aromatic heterocycles. The average Bonchev–Trinajstić information content (AvgIpc) is 2.27. The minimum Gasteiger partial charge on any atom is -0.271 e. The highest BCUT2D eigenvalue weighted by Crippen LogP contribution is 2.22. The van der Waals surface area contributed by atoms with Gasteiger partial charge in [0, 0.05) is 23.8 Å². The SMILES string of the molecule is CC(NN)c1cccc2ccncc12. The van der Waals surface area contributed by atoms with Crippen LogP contribution in [0.1, 0.15) is 18.5 Å². The lowest BCUT2D eigenvalue weighted by Gasteiger charge is -2.12. The molecule has 0 radical (unpaired) electrons. The molecule has 14 heavy (non-hydrogen) atoms. The van der Waals surface area contributed by atoms with Crippen molar-refractivity contribution in [3.8, 4) is 0 Å². The van der Waals surface area contributed by atoms with Crippen LogP contribution in [0.5, 0.6) is 0 Å². The molecule has 0 saturated heterocycles. The van der Waals surface area contributed by atoms with E-state index < -0.39 is 0 Å². The number of benzene rings is 1. The molecule has 1 aromatic carbocycles. The van der Waals surface area contributed by atoms with E-state index in [9.17, 15) is 0 Å². The van der Waals surface area contributed by atoms with Gasteiger partial charge in [0.2, 0.25) is 0 Å². The van der Waals surface area contributed by atoms with E-state index in [-0.39, 0.29) is 6.04 Å². The van der Waals surface area contributed by atoms with Gasteiger partial charge in [-0.2, -0.15) is 0 Å². The third-order valence-corrected chi connectivity index (χ3v) is 2.43. The molecule has 1 atom stereocenters. The molecule has 0 fully saturated rings. The molecule has 0 saturated carbocycles. The summed E-state index contributed by atoms with van der Waals surface area (Å²) in [6.07, 6.45) is 3.67. The Morgan fingerprint density at radius 1 is 1.36 bits per heavy atom. The van der Waals surface area contributed by atoms with Gasteiger partial charge in [0.25, 0.3) is 0 Å². The Morgan fingerprint density at radius 3 is 3.00 bits per heavy atom. The summed E-state index contributed by atoms with van der Waals surface area (Å²) in [6, 6.07) is 8.31. The van der Waals surface area contributed by atoms with Crippen LogP contribution in [-0.2, 0) is 0 Å². The Kier molecular flexibility index (Phi) is 2.43. The highest BCUT2D eigenvalue weighted by atomic mass is 15.2. The maximum absolute atomic E-state index is 5.42. The van der Waals surface area contributed by atoms with Crippen molar-refractivity contribution >= 4 is 10.8 Å². The fourth-order valence-corrected chi connectivity index (χ4v) is 1.60. The number of nitrogens with one attached hydrogen (secondary N) is 1. The van der Waals surface area contributed by atoms with Gasteiger partial charge in [-0.1, -0.05) is 18.2 Å². The Labute approximate surface area is 82.9 Å². The molecule has 0 aliphatic rings. The molecule has 1 unspecified atom stereocenters. The van der Waals surface area contributed by atoms with Gasteiger partial charge in [-0.3, -0.25) is 16.3 Å². The zero-order chi connectivity index (χ0) is 9.97. The summed E-state index contributed by atoms with van der Waals surface area (Å²) < 4.78 is 0. The number of nitrogens with zero attached hydrogens (tertiary/aromatic N) is 1. The first-order valence-electron chi connectivity index (χ1n) is 4.61. The number of aromatic nitrogens is 1. The number of hydrazine groups is 1. The van der Waals surface area contributed by atoms with E-state index in [1.807, 2.05) is 25.3 Å². The fraction of sp³-hybridized carbons (Fsp3) is 0.182. The van der Waals surface area contributed by atoms with Crippen molar-refractivity contribution in [3.05, 3.63) is 42.2 Å². The fourth-order valence-electron chi connectivity index (χ4n) is 1.60. The second kappa shape index (κ2) is 3.74. The predicted molar refractivity (Wildman–Crippen MR) is 57.5 cm³/mol. The minimum atomic E-state index is 0.142. The molecule has 3 N–H and O–H groups in total. The number of fused-ring (bicyclic) bond motifs is 1. The molecule has 3 nitrogen and oxygen atoms in total. The number of pyridine rings is 1. The first-order valence-corrected chi connectivity index (χ1v) is 4.61. The summed E-state index contributed by atoms with van der Waals surface area (Å²) in [5, 5.41) is 2.35. The van der Waals surface area contributed by atoms with E-state index in [4.69, 9.17) is 5.84 Å². The van der Waals surface area contributed by atoms with Crippen molar-refractivity contribution in [1.29, 1.82) is 0 Å². The predicted octanol–water partition coefficient (Wildman–Crippen LogP) is 1.76. The van der Waals surface area contributed by atoms with Crippen molar-refractivity contribution in [1.82, 2.24) is 10.4 Å². The maximum Gasteiger partial charge on any atom is 0.0438 e. The molecule has 0 amide bonds. The second-order valence-electron chi connectivity index (χ2n) is 3.33. The molecule has 0 bridgehead atoms. The third-order valence-electron chi connectivity index (χ3n) is 2.43. The smallest absolute Gasteiger partial charge is 0.0438 e. The van der Waals surface area contributed by atoms with Crippen molar-refractivity contribution in [2.45, 2.75) is 13.0 Å². The van der Waals surface area contributed by atoms with Gasteiger partial charge in [-0.25, -0.2) is 0 Å². The van der Waals surface area contributed by atoms with Gasteiger partial charge >= 0.3 is 0 Å². The quantitative estimate of drug-likeness (QED) is 0.556. The van der Waals surface area contributed by atoms with Crippen LogP contribution < -0.4 is 11.3 Å². The molecule has 0 aliphatic carbocycles. The lowest BCUT2D eigenvalue weighted by atomic mass is 10.0. The number of hydrogen-bond acceptors (Lipinski definition) is 3. The van der Waals surface area contributed by atoms with Crippen molar-refractivity contribution in [2.24, 2.45) is 5.84 Å². The molecule has 1 heterocycles. The van der Waals surface area contributed by atoms with E-state index in [2.05, 4.69) is 22.5 Å². The van der Waals surface area contributed by atoms with Crippen LogP contribution in [0.4, 0.5) is 0 Å². The summed E-state index contributed by atoms with van der Waals surface area (Å²) >= 11 is 0. The van der Waals surface area contributed by atoms with E-state index >= 15 is 0 Å². The number of hydrogen-bond donors (Lipinski definition) is 2. The lowest BCUT2D eigenvalue weighted by molar-refractivity contribution is 0.606. The van der Waals surface area contributed by atoms with Crippen LogP contribution in [0.2, 0.25) is 0 Å². The van der Waals surface area contributed by atoms with Crippen LogP contribution in [0.3, 0.4) is 0 Å². The summed E-state index contributed by atoms with van der Waals surface area (Å²) in [5.74, 6) is 5.42. The van der Waals surface area contributed by atoms with Gasteiger partial charge in [-0.05, 0) is 23.9 Å². The first kappa shape index (κ1) is 9.12. The number of rotatable bonds is 2. The van der Waals surface area contributed by atoms with E-state index in [1.165, 1.54) is 10.9 Å². The Bertz CT molecular complexity index is 434. The zero-order valence-corrected chi connectivity index (χ0v) is 8.07. The van der Waals surface area contributed by atoms with Gasteiger partial charge in [-0.15, -0.1) is 0 Å². The molecule has 0 spiro atoms. The highest BCUT2D eigenvalue weighted by Gasteiger charge is 2.06. The monoisotopic (exact) mass is 187 g/mol. The van der Waals surface area contributed by atoms with Crippen LogP contribution in [-0.4, -0.2) is 4.98 Å². The van der Waals surface area contributed by atoms with Gasteiger partial charge in [0.1, 0.15) is 0 Å². The van der Waals surface area contributed by atoms with Crippen LogP contribution in [0.25, 0.3) is 10.8 Å². The Morgan fingerprint density at radius 2 is 2.21 bits per heavy atom. The maximum atomic E-state index is 5.42. The molecule has 2 rings (SSSR count). The lowest BCUT2D eigenvalue weighted by Crippen LogP contribution is -2.25. The largest absolute Gasteiger partial charge is 0.271 e. The normalized spacial score (nSPS) is 13.0. The van der Waals surface area contributed by atoms with Crippen molar-refractivity contribution < 1.29 is 0 Å². The Hall–Kier alpha value is -1.45. The van der Waals surface area contributed by atoms with Crippen LogP contribution >= 0.6 is 0 Å². The standard InChI is InChI=1S/C11H13N3/c1-8(14-12)10-4-2-3-9-5-6-13-7-11(9)10/h2-8,14H,12H2,1H3. The number of nitrogens with two attached hydrogens (primary N) is 1. The topological polar surface area (TPSA) is 50.9 Å². The summed E-state index contributed by atoms with van der Waals surface area (Å²) in [7, 11) is 0. The van der Waals surface area contributed by atoms with E-state index in [0.717, 1.165) is 5.39 Å². The van der Waals surface area contributed by atoms with Gasteiger partial charge in [0.15, 0.2) is 0 Å². The summed E-state index contributed by atoms with van der Waals surface area (Å²) in [5.41, 5.74) is 3.92. The molecular weight excluding hydrogens is 174 g/mol. The Balaban J connectivity index is 2.65. The van der Waals surface area contributed by atoms with Gasteiger partial charge in [0.05, 0.1) is 0 Å². The van der Waals surface area contributed by atoms with Gasteiger partial charge < -0.3 is 0 Å². The second-order valence-corrected chi connectivity index (χ2v) is 3.33. The summed E-state index contributed by atoms with van der Waals surface area (Å²) in [6.45, 7) is 2.03. The van der Waals surface area contributed by atoms with Crippen molar-refractivity contribution in [3.63, 3.8) is 0 Å². The van der Waals surface area contributed by atoms with Crippen LogP contribution in [0.15, 0.2) is 36.7 Å². The molecule has 72 valence electrons. The molecular formula is C11H13N3. The third kappa shape index (κ3) is 1.47. The molecule has 2 aromatic rings.